The number of anilines is 3. The summed E-state index contributed by atoms with van der Waals surface area (Å²) in [7, 11) is 0. The zero-order valence-corrected chi connectivity index (χ0v) is 35.7. The van der Waals surface area contributed by atoms with Crippen molar-refractivity contribution in [2.45, 2.75) is 44.8 Å². The van der Waals surface area contributed by atoms with Crippen LogP contribution in [0.5, 0.6) is 0 Å². The van der Waals surface area contributed by atoms with E-state index in [-0.39, 0.29) is 29.7 Å². The maximum absolute atomic E-state index is 7.12. The maximum atomic E-state index is 7.12. The van der Waals surface area contributed by atoms with Gasteiger partial charge in [0.05, 0.1) is 6.04 Å². The lowest BCUT2D eigenvalue weighted by atomic mass is 9.68. The first kappa shape index (κ1) is 41.1. The number of nitrogens with zero attached hydrogens (tertiary/aromatic N) is 2. The van der Waals surface area contributed by atoms with Gasteiger partial charge in [-0.15, -0.1) is 0 Å². The molecule has 5 unspecified atom stereocenters. The summed E-state index contributed by atoms with van der Waals surface area (Å²) >= 11 is 0. The molecule has 61 heavy (non-hydrogen) atoms. The Kier molecular flexibility index (Phi) is 12.4. The van der Waals surface area contributed by atoms with Crippen molar-refractivity contribution in [2.75, 3.05) is 16.3 Å². The van der Waals surface area contributed by atoms with Gasteiger partial charge in [-0.1, -0.05) is 186 Å². The van der Waals surface area contributed by atoms with Gasteiger partial charge in [0.2, 0.25) is 0 Å². The second kappa shape index (κ2) is 18.3. The normalized spacial score (nSPS) is 23.2. The topological polar surface area (TPSA) is 44.5 Å². The molecule has 0 bridgehead atoms. The van der Waals surface area contributed by atoms with Crippen LogP contribution in [-0.4, -0.2) is 12.6 Å². The number of benzene rings is 5. The van der Waals surface area contributed by atoms with Crippen LogP contribution < -0.4 is 20.9 Å². The quantitative estimate of drug-likeness (QED) is 0.0794. The Balaban J connectivity index is 1.09. The van der Waals surface area contributed by atoms with E-state index in [1.165, 1.54) is 28.2 Å². The van der Waals surface area contributed by atoms with Gasteiger partial charge in [-0.3, -0.25) is 0 Å². The Morgan fingerprint density at radius 3 is 2.16 bits per heavy atom. The molecule has 306 valence electrons. The van der Waals surface area contributed by atoms with Crippen molar-refractivity contribution in [3.05, 3.63) is 253 Å². The van der Waals surface area contributed by atoms with Gasteiger partial charge in [-0.25, -0.2) is 0 Å². The molecule has 5 atom stereocenters. The summed E-state index contributed by atoms with van der Waals surface area (Å²) in [4.78, 5) is 5.00. The minimum Gasteiger partial charge on any atom is -0.366 e. The lowest BCUT2D eigenvalue weighted by molar-refractivity contribution is 0.307. The van der Waals surface area contributed by atoms with Crippen LogP contribution in [0.1, 0.15) is 55.4 Å². The van der Waals surface area contributed by atoms with Crippen molar-refractivity contribution in [1.29, 1.82) is 0 Å². The minimum atomic E-state index is -0.909. The number of rotatable bonds is 11. The number of nitrogens with one attached hydrogen (secondary N) is 1. The SMILES string of the molecule is C=C(/C=C\NC(N)(c1ccccc1)c1ccccc1)c1cccc(N2C/C=C\C=C/C(=C)C3C(C)C(C(=C/CC)/C=C4\C(C)c5ccccc5N4c4ccccc4)C=CC32)c1. The molecule has 2 aliphatic heterocycles. The van der Waals surface area contributed by atoms with Gasteiger partial charge in [0.1, 0.15) is 5.66 Å². The maximum Gasteiger partial charge on any atom is 0.138 e. The lowest BCUT2D eigenvalue weighted by Gasteiger charge is -2.45. The van der Waals surface area contributed by atoms with Crippen LogP contribution in [0.15, 0.2) is 230 Å². The van der Waals surface area contributed by atoms with Crippen LogP contribution in [0.4, 0.5) is 17.1 Å². The van der Waals surface area contributed by atoms with Gasteiger partial charge in [0.15, 0.2) is 0 Å². The predicted octanol–water partition coefficient (Wildman–Crippen LogP) is 13.1. The lowest BCUT2D eigenvalue weighted by Crippen LogP contribution is -2.49. The molecular weight excluding hydrogens is 741 g/mol. The highest BCUT2D eigenvalue weighted by atomic mass is 15.2. The largest absolute Gasteiger partial charge is 0.366 e. The van der Waals surface area contributed by atoms with Crippen molar-refractivity contribution in [2.24, 2.45) is 23.5 Å². The zero-order valence-electron chi connectivity index (χ0n) is 35.7. The number of nitrogens with two attached hydrogens (primary N) is 1. The van der Waals surface area contributed by atoms with E-state index < -0.39 is 5.66 Å². The molecule has 3 aliphatic rings. The van der Waals surface area contributed by atoms with Crippen LogP contribution in [0, 0.1) is 17.8 Å². The third-order valence-corrected chi connectivity index (χ3v) is 12.8. The first-order valence-electron chi connectivity index (χ1n) is 21.7. The van der Waals surface area contributed by atoms with Crippen LogP contribution in [-0.2, 0) is 5.66 Å². The number of hydrogen-bond acceptors (Lipinski definition) is 4. The summed E-state index contributed by atoms with van der Waals surface area (Å²) in [5, 5.41) is 3.52. The van der Waals surface area contributed by atoms with E-state index >= 15 is 0 Å². The summed E-state index contributed by atoms with van der Waals surface area (Å²) in [6, 6.07) is 48.8. The predicted molar refractivity (Wildman–Crippen MR) is 259 cm³/mol. The van der Waals surface area contributed by atoms with Gasteiger partial charge in [0.25, 0.3) is 0 Å². The molecule has 8 rings (SSSR count). The van der Waals surface area contributed by atoms with E-state index in [1.54, 1.807) is 0 Å². The summed E-state index contributed by atoms with van der Waals surface area (Å²) in [6.07, 6.45) is 23.5. The van der Waals surface area contributed by atoms with Crippen LogP contribution in [0.25, 0.3) is 5.57 Å². The molecule has 1 aliphatic carbocycles. The Morgan fingerprint density at radius 1 is 0.803 bits per heavy atom. The van der Waals surface area contributed by atoms with E-state index in [1.807, 2.05) is 48.7 Å². The molecule has 5 aromatic carbocycles. The monoisotopic (exact) mass is 798 g/mol. The third-order valence-electron chi connectivity index (χ3n) is 12.8. The molecule has 0 saturated heterocycles. The Hall–Kier alpha value is -6.62. The van der Waals surface area contributed by atoms with E-state index in [0.717, 1.165) is 46.5 Å². The Labute approximate surface area is 363 Å². The average molecular weight is 799 g/mol. The molecule has 5 aromatic rings. The fourth-order valence-corrected chi connectivity index (χ4v) is 9.57. The molecule has 0 fully saturated rings. The molecular formula is C57H58N4. The van der Waals surface area contributed by atoms with Crippen molar-refractivity contribution in [3.63, 3.8) is 0 Å². The molecule has 4 nitrogen and oxygen atoms in total. The summed E-state index contributed by atoms with van der Waals surface area (Å²) < 4.78 is 0. The van der Waals surface area contributed by atoms with E-state index in [2.05, 4.69) is 194 Å². The second-order valence-electron chi connectivity index (χ2n) is 16.5. The van der Waals surface area contributed by atoms with E-state index in [4.69, 9.17) is 12.3 Å². The Morgan fingerprint density at radius 2 is 1.46 bits per heavy atom. The Bertz CT molecular complexity index is 2480. The van der Waals surface area contributed by atoms with Gasteiger partial charge < -0.3 is 20.9 Å². The number of hydrogen-bond donors (Lipinski definition) is 2. The molecule has 0 amide bonds. The molecule has 0 saturated carbocycles. The fraction of sp³-hybridized carbons (Fsp3) is 0.193. The van der Waals surface area contributed by atoms with Gasteiger partial charge >= 0.3 is 0 Å². The van der Waals surface area contributed by atoms with Gasteiger partial charge in [0, 0.05) is 47.1 Å². The summed E-state index contributed by atoms with van der Waals surface area (Å²) in [6.45, 7) is 17.0. The smallest absolute Gasteiger partial charge is 0.138 e. The van der Waals surface area contributed by atoms with Crippen LogP contribution >= 0.6 is 0 Å². The van der Waals surface area contributed by atoms with Gasteiger partial charge in [-0.05, 0) is 100.0 Å². The third kappa shape index (κ3) is 8.42. The molecule has 3 N–H and O–H groups in total. The number of allylic oxidation sites excluding steroid dienone is 10. The first-order valence-corrected chi connectivity index (χ1v) is 21.7. The fourth-order valence-electron chi connectivity index (χ4n) is 9.57. The minimum absolute atomic E-state index is 0.104. The molecule has 2 heterocycles. The molecule has 4 heteroatoms. The summed E-state index contributed by atoms with van der Waals surface area (Å²) in [5.41, 5.74) is 18.9. The highest BCUT2D eigenvalue weighted by Gasteiger charge is 2.40. The first-order chi connectivity index (χ1) is 29.8. The number of para-hydroxylation sites is 2. The molecule has 0 spiro atoms. The molecule has 0 aromatic heterocycles. The van der Waals surface area contributed by atoms with Crippen molar-refractivity contribution >= 4 is 22.6 Å². The molecule has 0 radical (unpaired) electrons. The average Bonchev–Trinajstić information content (AvgIpc) is 3.61. The highest BCUT2D eigenvalue weighted by molar-refractivity contribution is 5.78. The van der Waals surface area contributed by atoms with Crippen LogP contribution in [0.3, 0.4) is 0 Å². The van der Waals surface area contributed by atoms with E-state index in [0.29, 0.717) is 0 Å². The van der Waals surface area contributed by atoms with Crippen molar-refractivity contribution in [3.8, 4) is 0 Å². The van der Waals surface area contributed by atoms with E-state index in [9.17, 15) is 0 Å². The van der Waals surface area contributed by atoms with Crippen molar-refractivity contribution < 1.29 is 0 Å². The van der Waals surface area contributed by atoms with Gasteiger partial charge in [-0.2, -0.15) is 0 Å². The standard InChI is InChI=1S/C57H58N4/c1-6-22-46(40-55-43(4)52-32-18-19-33-53(52)61(55)49-29-16-9-17-30-49)51-34-35-54-56(44(51)5)42(3)23-11-10-20-38-60(54)50-31-21-24-45(39-50)41(2)36-37-59-57(58,47-25-12-7-13-26-47)48-27-14-8-15-28-48/h7-37,39-40,43-44,51,54,56,59H,2-3,6,38,58H2,1,4-5H3/b20-10-,23-11-,37-36-,46-22+,55-40+. The zero-order chi connectivity index (χ0) is 42.3. The van der Waals surface area contributed by atoms with Crippen LogP contribution in [0.2, 0.25) is 0 Å². The van der Waals surface area contributed by atoms with Crippen molar-refractivity contribution in [1.82, 2.24) is 5.32 Å². The highest BCUT2D eigenvalue weighted by Crippen LogP contribution is 2.49. The summed E-state index contributed by atoms with van der Waals surface area (Å²) in [5.74, 6) is 0.936. The second-order valence-corrected chi connectivity index (χ2v) is 16.5. The number of fused-ring (bicyclic) bond motifs is 2.